The zero-order valence-corrected chi connectivity index (χ0v) is 15.4. The SMILES string of the molecule is C/C=C/C#CC#C/C=C\CC[C@@H](CCO)O[C@@H]1O[C@H](CO)[C@@H](O)[C@H](O)[C@H]1O. The molecule has 1 saturated heterocycles. The first-order chi connectivity index (χ1) is 13.0. The molecule has 1 heterocycles. The second-order valence-corrected chi connectivity index (χ2v) is 5.99. The van der Waals surface area contributed by atoms with Gasteiger partial charge in [0.2, 0.25) is 0 Å². The lowest BCUT2D eigenvalue weighted by Crippen LogP contribution is -2.59. The number of allylic oxidation sites excluding steroid dienone is 4. The summed E-state index contributed by atoms with van der Waals surface area (Å²) in [6.07, 6.45) is 1.43. The fourth-order valence-corrected chi connectivity index (χ4v) is 2.46. The highest BCUT2D eigenvalue weighted by Crippen LogP contribution is 2.24. The van der Waals surface area contributed by atoms with Gasteiger partial charge in [-0.2, -0.15) is 0 Å². The van der Waals surface area contributed by atoms with Gasteiger partial charge >= 0.3 is 0 Å². The molecule has 0 amide bonds. The van der Waals surface area contributed by atoms with Crippen LogP contribution >= 0.6 is 0 Å². The van der Waals surface area contributed by atoms with E-state index in [1.807, 2.05) is 19.1 Å². The molecule has 1 fully saturated rings. The van der Waals surface area contributed by atoms with Crippen molar-refractivity contribution in [1.29, 1.82) is 0 Å². The molecule has 7 heteroatoms. The summed E-state index contributed by atoms with van der Waals surface area (Å²) in [5.41, 5.74) is 0. The lowest BCUT2D eigenvalue weighted by atomic mass is 9.99. The summed E-state index contributed by atoms with van der Waals surface area (Å²) >= 11 is 0. The van der Waals surface area contributed by atoms with E-state index in [2.05, 4.69) is 23.7 Å². The van der Waals surface area contributed by atoms with Gasteiger partial charge in [-0.05, 0) is 50.2 Å². The molecule has 1 rings (SSSR count). The van der Waals surface area contributed by atoms with Gasteiger partial charge in [0.25, 0.3) is 0 Å². The van der Waals surface area contributed by atoms with Crippen LogP contribution in [0.25, 0.3) is 0 Å². The average Bonchev–Trinajstić information content (AvgIpc) is 2.67. The van der Waals surface area contributed by atoms with Gasteiger partial charge in [0.1, 0.15) is 24.4 Å². The molecule has 5 N–H and O–H groups in total. The summed E-state index contributed by atoms with van der Waals surface area (Å²) in [6.45, 7) is 1.23. The van der Waals surface area contributed by atoms with Crippen LogP contribution in [-0.2, 0) is 9.47 Å². The van der Waals surface area contributed by atoms with E-state index >= 15 is 0 Å². The molecule has 0 aromatic rings. The highest BCUT2D eigenvalue weighted by atomic mass is 16.7. The van der Waals surface area contributed by atoms with E-state index in [4.69, 9.17) is 9.47 Å². The van der Waals surface area contributed by atoms with Gasteiger partial charge in [0.05, 0.1) is 12.7 Å². The van der Waals surface area contributed by atoms with E-state index in [0.717, 1.165) is 0 Å². The number of ether oxygens (including phenoxy) is 2. The third-order valence-corrected chi connectivity index (χ3v) is 3.94. The molecule has 150 valence electrons. The van der Waals surface area contributed by atoms with E-state index in [1.165, 1.54) is 0 Å². The summed E-state index contributed by atoms with van der Waals surface area (Å²) in [5, 5.41) is 48.0. The van der Waals surface area contributed by atoms with Crippen molar-refractivity contribution in [2.24, 2.45) is 0 Å². The summed E-state index contributed by atoms with van der Waals surface area (Å²) < 4.78 is 11.0. The normalized spacial score (nSPS) is 29.2. The molecule has 0 aromatic heterocycles. The highest BCUT2D eigenvalue weighted by Gasteiger charge is 2.44. The number of hydrogen-bond donors (Lipinski definition) is 5. The average molecular weight is 380 g/mol. The molecule has 0 aliphatic carbocycles. The molecule has 6 atom stereocenters. The molecule has 0 unspecified atom stereocenters. The van der Waals surface area contributed by atoms with Crippen molar-refractivity contribution in [1.82, 2.24) is 0 Å². The second-order valence-electron chi connectivity index (χ2n) is 5.99. The topological polar surface area (TPSA) is 120 Å². The van der Waals surface area contributed by atoms with Gasteiger partial charge in [0, 0.05) is 6.61 Å². The molecule has 1 aliphatic rings. The first-order valence-corrected chi connectivity index (χ1v) is 8.89. The summed E-state index contributed by atoms with van der Waals surface area (Å²) in [5.74, 6) is 10.9. The molecule has 0 spiro atoms. The fraction of sp³-hybridized carbons (Fsp3) is 0.600. The number of aliphatic hydroxyl groups is 5. The van der Waals surface area contributed by atoms with Crippen molar-refractivity contribution < 1.29 is 35.0 Å². The van der Waals surface area contributed by atoms with Crippen molar-refractivity contribution in [3.8, 4) is 23.7 Å². The Morgan fingerprint density at radius 2 is 1.70 bits per heavy atom. The van der Waals surface area contributed by atoms with Crippen molar-refractivity contribution in [2.45, 2.75) is 63.0 Å². The molecular formula is C20H28O7. The molecule has 0 bridgehead atoms. The van der Waals surface area contributed by atoms with Crippen LogP contribution in [0.15, 0.2) is 24.3 Å². The van der Waals surface area contributed by atoms with E-state index in [9.17, 15) is 25.5 Å². The monoisotopic (exact) mass is 380 g/mol. The minimum absolute atomic E-state index is 0.119. The molecule has 27 heavy (non-hydrogen) atoms. The van der Waals surface area contributed by atoms with Gasteiger partial charge in [0.15, 0.2) is 6.29 Å². The van der Waals surface area contributed by atoms with E-state index in [0.29, 0.717) is 19.3 Å². The molecule has 1 aliphatic heterocycles. The maximum atomic E-state index is 10.0. The Hall–Kier alpha value is -1.68. The van der Waals surface area contributed by atoms with Crippen LogP contribution in [0, 0.1) is 23.7 Å². The number of aliphatic hydroxyl groups excluding tert-OH is 5. The van der Waals surface area contributed by atoms with Gasteiger partial charge < -0.3 is 35.0 Å². The summed E-state index contributed by atoms with van der Waals surface area (Å²) in [6, 6.07) is 0. The van der Waals surface area contributed by atoms with E-state index < -0.39 is 43.4 Å². The Kier molecular flexibility index (Phi) is 11.7. The lowest BCUT2D eigenvalue weighted by Gasteiger charge is -2.40. The fourth-order valence-electron chi connectivity index (χ4n) is 2.46. The highest BCUT2D eigenvalue weighted by molar-refractivity contribution is 5.33. The van der Waals surface area contributed by atoms with Crippen LogP contribution in [0.5, 0.6) is 0 Å². The predicted molar refractivity (Wildman–Crippen MR) is 99.1 cm³/mol. The molecule has 0 radical (unpaired) electrons. The largest absolute Gasteiger partial charge is 0.396 e. The Morgan fingerprint density at radius 1 is 1.00 bits per heavy atom. The van der Waals surface area contributed by atoms with Crippen LogP contribution in [0.2, 0.25) is 0 Å². The van der Waals surface area contributed by atoms with Crippen molar-refractivity contribution in [2.75, 3.05) is 13.2 Å². The van der Waals surface area contributed by atoms with Gasteiger partial charge in [-0.25, -0.2) is 0 Å². The Labute approximate surface area is 159 Å². The summed E-state index contributed by atoms with van der Waals surface area (Å²) in [7, 11) is 0. The van der Waals surface area contributed by atoms with Crippen LogP contribution in [-0.4, -0.2) is 75.6 Å². The van der Waals surface area contributed by atoms with Crippen LogP contribution < -0.4 is 0 Å². The maximum Gasteiger partial charge on any atom is 0.186 e. The Balaban J connectivity index is 2.54. The van der Waals surface area contributed by atoms with Gasteiger partial charge in [-0.15, -0.1) is 0 Å². The minimum atomic E-state index is -1.49. The molecule has 0 saturated carbocycles. The first kappa shape index (κ1) is 23.4. The van der Waals surface area contributed by atoms with Crippen LogP contribution in [0.4, 0.5) is 0 Å². The Morgan fingerprint density at radius 3 is 2.33 bits per heavy atom. The van der Waals surface area contributed by atoms with E-state index in [1.54, 1.807) is 12.2 Å². The van der Waals surface area contributed by atoms with E-state index in [-0.39, 0.29) is 6.61 Å². The minimum Gasteiger partial charge on any atom is -0.396 e. The zero-order chi connectivity index (χ0) is 20.1. The third kappa shape index (κ3) is 8.25. The van der Waals surface area contributed by atoms with Crippen LogP contribution in [0.3, 0.4) is 0 Å². The number of rotatable bonds is 8. The van der Waals surface area contributed by atoms with Crippen LogP contribution in [0.1, 0.15) is 26.2 Å². The van der Waals surface area contributed by atoms with Crippen molar-refractivity contribution in [3.63, 3.8) is 0 Å². The molecule has 0 aromatic carbocycles. The molecular weight excluding hydrogens is 352 g/mol. The first-order valence-electron chi connectivity index (χ1n) is 8.89. The van der Waals surface area contributed by atoms with Crippen molar-refractivity contribution in [3.05, 3.63) is 24.3 Å². The predicted octanol–water partition coefficient (Wildman–Crippen LogP) is -0.527. The van der Waals surface area contributed by atoms with Gasteiger partial charge in [-0.1, -0.05) is 24.0 Å². The zero-order valence-electron chi connectivity index (χ0n) is 15.4. The lowest BCUT2D eigenvalue weighted by molar-refractivity contribution is -0.312. The number of hydrogen-bond acceptors (Lipinski definition) is 7. The Bertz CT molecular complexity index is 591. The van der Waals surface area contributed by atoms with Crippen molar-refractivity contribution >= 4 is 0 Å². The smallest absolute Gasteiger partial charge is 0.186 e. The quantitative estimate of drug-likeness (QED) is 0.359. The second kappa shape index (κ2) is 13.5. The standard InChI is InChI=1S/C20H28O7/c1-2-3-4-5-6-7-8-9-10-11-15(12-13-21)26-20-19(25)18(24)17(23)16(14-22)27-20/h2-3,8-9,15-25H,10-14H2,1H3/b3-2+,9-8-/t15-,16+,17+,18-,19+,20+/m0/s1. The molecule has 7 nitrogen and oxygen atoms in total. The van der Waals surface area contributed by atoms with Gasteiger partial charge in [-0.3, -0.25) is 0 Å². The summed E-state index contributed by atoms with van der Waals surface area (Å²) in [4.78, 5) is 0. The third-order valence-electron chi connectivity index (χ3n) is 3.94. The maximum absolute atomic E-state index is 10.0.